The van der Waals surface area contributed by atoms with E-state index >= 15 is 0 Å². The molecule has 0 unspecified atom stereocenters. The topological polar surface area (TPSA) is 83.0 Å². The van der Waals surface area contributed by atoms with Gasteiger partial charge >= 0.3 is 0 Å². The van der Waals surface area contributed by atoms with Crippen LogP contribution in [0.2, 0.25) is 0 Å². The quantitative estimate of drug-likeness (QED) is 0.821. The number of methoxy groups -OCH3 is 1. The average molecular weight is 232 g/mol. The summed E-state index contributed by atoms with van der Waals surface area (Å²) in [5, 5.41) is 4.02. The van der Waals surface area contributed by atoms with Crippen molar-refractivity contribution in [2.24, 2.45) is 0 Å². The van der Waals surface area contributed by atoms with Gasteiger partial charge in [0.1, 0.15) is 0 Å². The lowest BCUT2D eigenvalue weighted by Gasteiger charge is -2.05. The van der Waals surface area contributed by atoms with Crippen molar-refractivity contribution in [2.75, 3.05) is 12.8 Å². The summed E-state index contributed by atoms with van der Waals surface area (Å²) in [4.78, 5) is 15.7. The van der Waals surface area contributed by atoms with Crippen molar-refractivity contribution >= 4 is 5.69 Å². The highest BCUT2D eigenvalue weighted by molar-refractivity contribution is 5.37. The predicted octanol–water partition coefficient (Wildman–Crippen LogP) is 0.277. The molecule has 88 valence electrons. The van der Waals surface area contributed by atoms with Gasteiger partial charge in [-0.25, -0.2) is 4.68 Å². The van der Waals surface area contributed by atoms with E-state index in [-0.39, 0.29) is 12.1 Å². The highest BCUT2D eigenvalue weighted by atomic mass is 16.5. The summed E-state index contributed by atoms with van der Waals surface area (Å²) in [6.45, 7) is 0.265. The van der Waals surface area contributed by atoms with E-state index in [0.29, 0.717) is 17.3 Å². The molecule has 0 saturated carbocycles. The molecule has 0 bridgehead atoms. The Morgan fingerprint density at radius 2 is 2.24 bits per heavy atom. The molecule has 0 aromatic carbocycles. The van der Waals surface area contributed by atoms with Crippen LogP contribution in [0.25, 0.3) is 0 Å². The van der Waals surface area contributed by atoms with Crippen LogP contribution < -0.4 is 16.0 Å². The molecule has 6 heteroatoms. The molecule has 0 aliphatic rings. The van der Waals surface area contributed by atoms with Gasteiger partial charge in [0.15, 0.2) is 0 Å². The van der Waals surface area contributed by atoms with Gasteiger partial charge in [-0.05, 0) is 12.1 Å². The maximum Gasteiger partial charge on any atom is 0.267 e. The molecule has 2 N–H and O–H groups in total. The SMILES string of the molecule is COc1ccc(=O)n(Cc2cc(N)ccn2)n1. The van der Waals surface area contributed by atoms with Crippen molar-refractivity contribution in [2.45, 2.75) is 6.54 Å². The Labute approximate surface area is 97.7 Å². The summed E-state index contributed by atoms with van der Waals surface area (Å²) in [6.07, 6.45) is 1.59. The number of pyridine rings is 1. The molecule has 0 atom stereocenters. The van der Waals surface area contributed by atoms with Gasteiger partial charge in [-0.2, -0.15) is 0 Å². The number of nitrogen functional groups attached to an aromatic ring is 1. The Morgan fingerprint density at radius 3 is 2.94 bits per heavy atom. The molecule has 0 aliphatic carbocycles. The Kier molecular flexibility index (Phi) is 3.04. The Hall–Kier alpha value is -2.37. The van der Waals surface area contributed by atoms with Crippen LogP contribution in [0.3, 0.4) is 0 Å². The van der Waals surface area contributed by atoms with Gasteiger partial charge < -0.3 is 10.5 Å². The Morgan fingerprint density at radius 1 is 1.41 bits per heavy atom. The minimum absolute atomic E-state index is 0.213. The van der Waals surface area contributed by atoms with Crippen molar-refractivity contribution in [3.63, 3.8) is 0 Å². The first-order chi connectivity index (χ1) is 8.19. The third-order valence-corrected chi connectivity index (χ3v) is 2.20. The van der Waals surface area contributed by atoms with Crippen LogP contribution in [0.5, 0.6) is 5.88 Å². The summed E-state index contributed by atoms with van der Waals surface area (Å²) in [5.41, 5.74) is 6.70. The minimum Gasteiger partial charge on any atom is -0.480 e. The zero-order chi connectivity index (χ0) is 12.3. The van der Waals surface area contributed by atoms with E-state index in [9.17, 15) is 4.79 Å². The summed E-state index contributed by atoms with van der Waals surface area (Å²) >= 11 is 0. The summed E-state index contributed by atoms with van der Waals surface area (Å²) in [7, 11) is 1.50. The van der Waals surface area contributed by atoms with Crippen molar-refractivity contribution in [1.82, 2.24) is 14.8 Å². The van der Waals surface area contributed by atoms with Crippen molar-refractivity contribution in [3.05, 3.63) is 46.5 Å². The standard InChI is InChI=1S/C11H12N4O2/c1-17-10-2-3-11(16)15(14-10)7-9-6-8(12)4-5-13-9/h2-6H,7H2,1H3,(H2,12,13). The third kappa shape index (κ3) is 2.60. The number of anilines is 1. The lowest BCUT2D eigenvalue weighted by Crippen LogP contribution is -2.23. The van der Waals surface area contributed by atoms with Crippen LogP contribution in [-0.2, 0) is 6.54 Å². The van der Waals surface area contributed by atoms with E-state index in [1.807, 2.05) is 0 Å². The smallest absolute Gasteiger partial charge is 0.267 e. The van der Waals surface area contributed by atoms with E-state index in [1.165, 1.54) is 23.9 Å². The molecule has 2 aromatic heterocycles. The number of hydrogen-bond acceptors (Lipinski definition) is 5. The average Bonchev–Trinajstić information content (AvgIpc) is 2.32. The Bertz CT molecular complexity index is 580. The van der Waals surface area contributed by atoms with E-state index in [0.717, 1.165) is 0 Å². The van der Waals surface area contributed by atoms with Gasteiger partial charge in [0, 0.05) is 24.0 Å². The van der Waals surface area contributed by atoms with Gasteiger partial charge in [0.2, 0.25) is 5.88 Å². The van der Waals surface area contributed by atoms with Gasteiger partial charge in [-0.3, -0.25) is 9.78 Å². The fourth-order valence-corrected chi connectivity index (χ4v) is 1.39. The largest absolute Gasteiger partial charge is 0.480 e. The molecule has 0 amide bonds. The highest BCUT2D eigenvalue weighted by Crippen LogP contribution is 2.05. The monoisotopic (exact) mass is 232 g/mol. The second-order valence-corrected chi connectivity index (χ2v) is 3.45. The maximum absolute atomic E-state index is 11.6. The number of aromatic nitrogens is 3. The van der Waals surface area contributed by atoms with Crippen LogP contribution in [0.4, 0.5) is 5.69 Å². The van der Waals surface area contributed by atoms with Crippen molar-refractivity contribution in [3.8, 4) is 5.88 Å². The zero-order valence-corrected chi connectivity index (χ0v) is 9.33. The molecular weight excluding hydrogens is 220 g/mol. The Balaban J connectivity index is 2.32. The van der Waals surface area contributed by atoms with E-state index in [1.54, 1.807) is 18.3 Å². The molecule has 2 aromatic rings. The van der Waals surface area contributed by atoms with E-state index < -0.39 is 0 Å². The molecule has 0 aliphatic heterocycles. The van der Waals surface area contributed by atoms with E-state index in [4.69, 9.17) is 10.5 Å². The third-order valence-electron chi connectivity index (χ3n) is 2.20. The molecular formula is C11H12N4O2. The first-order valence-electron chi connectivity index (χ1n) is 5.01. The number of rotatable bonds is 3. The fraction of sp³-hybridized carbons (Fsp3) is 0.182. The van der Waals surface area contributed by atoms with Crippen molar-refractivity contribution in [1.29, 1.82) is 0 Å². The second kappa shape index (κ2) is 4.65. The second-order valence-electron chi connectivity index (χ2n) is 3.45. The van der Waals surface area contributed by atoms with Crippen LogP contribution >= 0.6 is 0 Å². The van der Waals surface area contributed by atoms with E-state index in [2.05, 4.69) is 10.1 Å². The maximum atomic E-state index is 11.6. The van der Waals surface area contributed by atoms with Crippen LogP contribution in [0, 0.1) is 0 Å². The van der Waals surface area contributed by atoms with Crippen LogP contribution in [0.15, 0.2) is 35.3 Å². The van der Waals surface area contributed by atoms with Gasteiger partial charge in [0.25, 0.3) is 5.56 Å². The molecule has 0 fully saturated rings. The fourth-order valence-electron chi connectivity index (χ4n) is 1.39. The van der Waals surface area contributed by atoms with Gasteiger partial charge in [-0.1, -0.05) is 0 Å². The zero-order valence-electron chi connectivity index (χ0n) is 9.33. The molecule has 6 nitrogen and oxygen atoms in total. The summed E-state index contributed by atoms with van der Waals surface area (Å²) in [6, 6.07) is 6.31. The highest BCUT2D eigenvalue weighted by Gasteiger charge is 2.03. The lowest BCUT2D eigenvalue weighted by molar-refractivity contribution is 0.378. The first kappa shape index (κ1) is 11.1. The van der Waals surface area contributed by atoms with Crippen molar-refractivity contribution < 1.29 is 4.74 Å². The predicted molar refractivity (Wildman–Crippen MR) is 62.8 cm³/mol. The molecule has 0 saturated heterocycles. The molecule has 0 radical (unpaired) electrons. The number of ether oxygens (including phenoxy) is 1. The molecule has 2 rings (SSSR count). The number of nitrogens with two attached hydrogens (primary N) is 1. The van der Waals surface area contributed by atoms with Crippen LogP contribution in [-0.4, -0.2) is 21.9 Å². The number of nitrogens with zero attached hydrogens (tertiary/aromatic N) is 3. The summed E-state index contributed by atoms with van der Waals surface area (Å²) < 4.78 is 6.23. The molecule has 17 heavy (non-hydrogen) atoms. The molecule has 2 heterocycles. The minimum atomic E-state index is -0.213. The summed E-state index contributed by atoms with van der Waals surface area (Å²) in [5.74, 6) is 0.383. The first-order valence-corrected chi connectivity index (χ1v) is 5.01. The van der Waals surface area contributed by atoms with Crippen LogP contribution in [0.1, 0.15) is 5.69 Å². The number of hydrogen-bond donors (Lipinski definition) is 1. The van der Waals surface area contributed by atoms with Gasteiger partial charge in [0.05, 0.1) is 19.3 Å². The van der Waals surface area contributed by atoms with Gasteiger partial charge in [-0.15, -0.1) is 5.10 Å². The normalized spacial score (nSPS) is 10.2. The lowest BCUT2D eigenvalue weighted by atomic mass is 10.3. The molecule has 0 spiro atoms.